The van der Waals surface area contributed by atoms with E-state index in [9.17, 15) is 4.79 Å². The molecule has 0 saturated heterocycles. The molecule has 1 N–H and O–H groups in total. The third-order valence-electron chi connectivity index (χ3n) is 4.98. The van der Waals surface area contributed by atoms with E-state index in [0.717, 1.165) is 33.3 Å². The van der Waals surface area contributed by atoms with E-state index in [1.807, 2.05) is 47.1 Å². The Balaban J connectivity index is 1.49. The number of rotatable bonds is 8. The zero-order valence-electron chi connectivity index (χ0n) is 17.4. The molecular formula is C23H23N5O3. The molecule has 4 aromatic rings. The van der Waals surface area contributed by atoms with E-state index >= 15 is 0 Å². The van der Waals surface area contributed by atoms with Crippen LogP contribution in [-0.2, 0) is 17.9 Å². The number of aryl methyl sites for hydroxylation is 1. The van der Waals surface area contributed by atoms with Crippen LogP contribution in [0.3, 0.4) is 0 Å². The largest absolute Gasteiger partial charge is 0.489 e. The minimum atomic E-state index is -0.00970. The Morgan fingerprint density at radius 2 is 1.90 bits per heavy atom. The van der Waals surface area contributed by atoms with Crippen LogP contribution in [-0.4, -0.2) is 39.8 Å². The Labute approximate surface area is 179 Å². The molecule has 0 spiro atoms. The summed E-state index contributed by atoms with van der Waals surface area (Å²) in [5, 5.41) is 7.97. The molecule has 0 aliphatic rings. The van der Waals surface area contributed by atoms with Crippen molar-refractivity contribution >= 4 is 16.8 Å². The number of methoxy groups -OCH3 is 1. The number of hydrogen-bond acceptors (Lipinski definition) is 6. The van der Waals surface area contributed by atoms with E-state index in [2.05, 4.69) is 20.4 Å². The first-order valence-electron chi connectivity index (χ1n) is 9.91. The van der Waals surface area contributed by atoms with Gasteiger partial charge >= 0.3 is 6.01 Å². The summed E-state index contributed by atoms with van der Waals surface area (Å²) in [6.45, 7) is 0.930. The Morgan fingerprint density at radius 1 is 1.10 bits per heavy atom. The highest BCUT2D eigenvalue weighted by molar-refractivity contribution is 5.80. The molecule has 158 valence electrons. The van der Waals surface area contributed by atoms with Gasteiger partial charge in [0.2, 0.25) is 5.91 Å². The van der Waals surface area contributed by atoms with Gasteiger partial charge in [-0.25, -0.2) is 9.97 Å². The zero-order valence-corrected chi connectivity index (χ0v) is 17.4. The summed E-state index contributed by atoms with van der Waals surface area (Å²) in [4.78, 5) is 19.9. The summed E-state index contributed by atoms with van der Waals surface area (Å²) in [6, 6.07) is 14.2. The van der Waals surface area contributed by atoms with Crippen LogP contribution in [0.4, 0.5) is 0 Å². The minimum Gasteiger partial charge on any atom is -0.489 e. The van der Waals surface area contributed by atoms with Crippen LogP contribution in [0.25, 0.3) is 22.0 Å². The third-order valence-corrected chi connectivity index (χ3v) is 4.98. The average molecular weight is 417 g/mol. The SMILES string of the molecule is CNC(=O)CCn1ncc2cc(OCc3ccccc3-c3cnc(OC)nc3)ccc21. The van der Waals surface area contributed by atoms with Gasteiger partial charge in [-0.1, -0.05) is 24.3 Å². The van der Waals surface area contributed by atoms with Gasteiger partial charge in [0.05, 0.1) is 25.4 Å². The maximum atomic E-state index is 11.5. The number of aromatic nitrogens is 4. The molecule has 2 aromatic heterocycles. The van der Waals surface area contributed by atoms with Gasteiger partial charge in [0.25, 0.3) is 0 Å². The Morgan fingerprint density at radius 3 is 2.68 bits per heavy atom. The monoisotopic (exact) mass is 417 g/mol. The van der Waals surface area contributed by atoms with E-state index in [1.165, 1.54) is 0 Å². The second-order valence-corrected chi connectivity index (χ2v) is 6.92. The van der Waals surface area contributed by atoms with Gasteiger partial charge in [-0.2, -0.15) is 5.10 Å². The lowest BCUT2D eigenvalue weighted by Gasteiger charge is -2.11. The summed E-state index contributed by atoms with van der Waals surface area (Å²) in [5.41, 5.74) is 3.89. The molecule has 4 rings (SSSR count). The van der Waals surface area contributed by atoms with Crippen molar-refractivity contribution in [3.05, 3.63) is 66.6 Å². The van der Waals surface area contributed by atoms with Crippen LogP contribution in [0.2, 0.25) is 0 Å². The maximum Gasteiger partial charge on any atom is 0.316 e. The topological polar surface area (TPSA) is 91.2 Å². The first-order chi connectivity index (χ1) is 15.2. The molecular weight excluding hydrogens is 394 g/mol. The number of nitrogens with one attached hydrogen (secondary N) is 1. The van der Waals surface area contributed by atoms with Gasteiger partial charge in [0, 0.05) is 36.8 Å². The molecule has 2 aromatic carbocycles. The van der Waals surface area contributed by atoms with Crippen LogP contribution in [0.5, 0.6) is 11.8 Å². The van der Waals surface area contributed by atoms with E-state index in [1.54, 1.807) is 32.7 Å². The molecule has 0 aliphatic heterocycles. The molecule has 0 fully saturated rings. The van der Waals surface area contributed by atoms with Crippen molar-refractivity contribution in [3.63, 3.8) is 0 Å². The first-order valence-corrected chi connectivity index (χ1v) is 9.91. The maximum absolute atomic E-state index is 11.5. The lowest BCUT2D eigenvalue weighted by molar-refractivity contribution is -0.120. The molecule has 0 aliphatic carbocycles. The smallest absolute Gasteiger partial charge is 0.316 e. The van der Waals surface area contributed by atoms with Gasteiger partial charge in [0.1, 0.15) is 12.4 Å². The summed E-state index contributed by atoms with van der Waals surface area (Å²) >= 11 is 0. The fourth-order valence-corrected chi connectivity index (χ4v) is 3.32. The lowest BCUT2D eigenvalue weighted by atomic mass is 10.0. The first kappa shape index (κ1) is 20.3. The van der Waals surface area contributed by atoms with Crippen molar-refractivity contribution in [2.45, 2.75) is 19.6 Å². The summed E-state index contributed by atoms with van der Waals surface area (Å²) in [6.07, 6.45) is 5.65. The van der Waals surface area contributed by atoms with Crippen LogP contribution in [0.15, 0.2) is 61.1 Å². The minimum absolute atomic E-state index is 0.00970. The van der Waals surface area contributed by atoms with Crippen LogP contribution < -0.4 is 14.8 Å². The lowest BCUT2D eigenvalue weighted by Crippen LogP contribution is -2.19. The van der Waals surface area contributed by atoms with Crippen molar-refractivity contribution in [1.29, 1.82) is 0 Å². The van der Waals surface area contributed by atoms with Gasteiger partial charge < -0.3 is 14.8 Å². The predicted molar refractivity (Wildman–Crippen MR) is 117 cm³/mol. The number of nitrogens with zero attached hydrogens (tertiary/aromatic N) is 4. The number of benzene rings is 2. The van der Waals surface area contributed by atoms with E-state index in [-0.39, 0.29) is 5.91 Å². The van der Waals surface area contributed by atoms with Crippen molar-refractivity contribution < 1.29 is 14.3 Å². The third kappa shape index (κ3) is 4.63. The zero-order chi connectivity index (χ0) is 21.6. The second kappa shape index (κ2) is 9.25. The predicted octanol–water partition coefficient (Wildman–Crippen LogP) is 3.22. The average Bonchev–Trinajstić information content (AvgIpc) is 3.23. The molecule has 0 unspecified atom stereocenters. The van der Waals surface area contributed by atoms with Crippen molar-refractivity contribution in [2.24, 2.45) is 0 Å². The molecule has 0 bridgehead atoms. The Hall–Kier alpha value is -3.94. The molecule has 0 atom stereocenters. The normalized spacial score (nSPS) is 10.8. The fourth-order valence-electron chi connectivity index (χ4n) is 3.32. The molecule has 1 amide bonds. The highest BCUT2D eigenvalue weighted by atomic mass is 16.5. The van der Waals surface area contributed by atoms with Crippen molar-refractivity contribution in [2.75, 3.05) is 14.2 Å². The number of fused-ring (bicyclic) bond motifs is 1. The number of ether oxygens (including phenoxy) is 2. The Bertz CT molecular complexity index is 1190. The fraction of sp³-hybridized carbons (Fsp3) is 0.217. The second-order valence-electron chi connectivity index (χ2n) is 6.92. The van der Waals surface area contributed by atoms with Crippen LogP contribution >= 0.6 is 0 Å². The van der Waals surface area contributed by atoms with Gasteiger partial charge in [0.15, 0.2) is 0 Å². The van der Waals surface area contributed by atoms with E-state index in [4.69, 9.17) is 9.47 Å². The Kier molecular flexibility index (Phi) is 6.07. The molecule has 0 saturated carbocycles. The van der Waals surface area contributed by atoms with E-state index in [0.29, 0.717) is 25.6 Å². The number of carbonyl (C=O) groups is 1. The molecule has 0 radical (unpaired) electrons. The van der Waals surface area contributed by atoms with Gasteiger partial charge in [-0.05, 0) is 29.3 Å². The summed E-state index contributed by atoms with van der Waals surface area (Å²) in [5.74, 6) is 0.740. The number of hydrogen-bond donors (Lipinski definition) is 1. The summed E-state index contributed by atoms with van der Waals surface area (Å²) < 4.78 is 12.9. The van der Waals surface area contributed by atoms with Crippen LogP contribution in [0, 0.1) is 0 Å². The number of carbonyl (C=O) groups excluding carboxylic acids is 1. The molecule has 2 heterocycles. The van der Waals surface area contributed by atoms with Crippen molar-refractivity contribution in [1.82, 2.24) is 25.1 Å². The quantitative estimate of drug-likeness (QED) is 0.473. The van der Waals surface area contributed by atoms with Gasteiger partial charge in [-0.15, -0.1) is 0 Å². The van der Waals surface area contributed by atoms with Gasteiger partial charge in [-0.3, -0.25) is 9.48 Å². The highest BCUT2D eigenvalue weighted by Gasteiger charge is 2.09. The summed E-state index contributed by atoms with van der Waals surface area (Å²) in [7, 11) is 3.17. The van der Waals surface area contributed by atoms with Crippen LogP contribution in [0.1, 0.15) is 12.0 Å². The number of amides is 1. The standard InChI is InChI=1S/C23H23N5O3/c1-24-22(29)9-10-28-21-8-7-19(11-17(21)14-27-28)31-15-16-5-3-4-6-20(16)18-12-25-23(30-2)26-13-18/h3-8,11-14H,9-10,15H2,1-2H3,(H,24,29). The van der Waals surface area contributed by atoms with Crippen molar-refractivity contribution in [3.8, 4) is 22.9 Å². The molecule has 31 heavy (non-hydrogen) atoms. The molecule has 8 heteroatoms. The molecule has 8 nitrogen and oxygen atoms in total. The highest BCUT2D eigenvalue weighted by Crippen LogP contribution is 2.26. The van der Waals surface area contributed by atoms with E-state index < -0.39 is 0 Å².